The molecular weight excluding hydrogens is 745 g/mol. The first-order valence-corrected chi connectivity index (χ1v) is 21.8. The zero-order valence-corrected chi connectivity index (χ0v) is 34.2. The van der Waals surface area contributed by atoms with Crippen LogP contribution in [-0.2, 0) is 14.4 Å². The van der Waals surface area contributed by atoms with Crippen LogP contribution >= 0.6 is 23.5 Å². The average Bonchev–Trinajstić information content (AvgIpc) is 3.21. The molecule has 6 atom stereocenters. The van der Waals surface area contributed by atoms with E-state index in [1.54, 1.807) is 29.6 Å². The van der Waals surface area contributed by atoms with Gasteiger partial charge in [0.2, 0.25) is 11.7 Å². The maximum Gasteiger partial charge on any atom is 0.231 e. The Morgan fingerprint density at radius 3 is 2.50 bits per heavy atom. The highest BCUT2D eigenvalue weighted by atomic mass is 32.2. The van der Waals surface area contributed by atoms with Gasteiger partial charge in [-0.1, -0.05) is 48.3 Å². The van der Waals surface area contributed by atoms with Crippen molar-refractivity contribution >= 4 is 40.8 Å². The highest BCUT2D eigenvalue weighted by molar-refractivity contribution is 8.00. The van der Waals surface area contributed by atoms with Crippen molar-refractivity contribution < 1.29 is 34.1 Å². The van der Waals surface area contributed by atoms with Gasteiger partial charge < -0.3 is 34.6 Å². The quantitative estimate of drug-likeness (QED) is 0.0420. The van der Waals surface area contributed by atoms with Crippen molar-refractivity contribution in [1.82, 2.24) is 0 Å². The standard InChI is InChI=1S/C45H56N2O7S2/c1-4-25-52-45-42(56-36-20-17-33(18-21-36)46-31(3)50)30-40(47-53-5-2)38-28-32(13-9-11-23-48)37(16-10-12-24-49)43(44(38)45)39-29-34(19-22-41(39)54-45)51-26-27-55-35-14-7-6-8-15-35/h4,6-8,14-15,17-22,28-29,32,37,42-44,48-49H,1,5,9-13,16,23-27,30H2,2-3H3,(H,46,50)/t32-,37+,42-,43+,44+,45+/m0/s1. The third kappa shape index (κ3) is 10.0. The molecule has 0 bridgehead atoms. The second-order valence-electron chi connectivity index (χ2n) is 14.5. The molecule has 1 fully saturated rings. The summed E-state index contributed by atoms with van der Waals surface area (Å²) < 4.78 is 20.8. The number of aliphatic hydroxyl groups is 2. The first-order chi connectivity index (χ1) is 27.4. The molecule has 0 unspecified atom stereocenters. The van der Waals surface area contributed by atoms with E-state index in [0.717, 1.165) is 83.2 Å². The van der Waals surface area contributed by atoms with E-state index in [1.165, 1.54) is 11.8 Å². The third-order valence-electron chi connectivity index (χ3n) is 10.7. The lowest BCUT2D eigenvalue weighted by Gasteiger charge is -2.58. The lowest BCUT2D eigenvalue weighted by Crippen LogP contribution is -2.64. The van der Waals surface area contributed by atoms with Crippen LogP contribution in [0.1, 0.15) is 70.3 Å². The van der Waals surface area contributed by atoms with Crippen LogP contribution in [0, 0.1) is 17.8 Å². The number of rotatable bonds is 21. The molecule has 9 nitrogen and oxygen atoms in total. The summed E-state index contributed by atoms with van der Waals surface area (Å²) in [6.45, 7) is 9.07. The second-order valence-corrected chi connectivity index (χ2v) is 16.9. The zero-order chi connectivity index (χ0) is 39.3. The molecule has 11 heteroatoms. The maximum atomic E-state index is 11.8. The number of hydrogen-bond donors (Lipinski definition) is 3. The van der Waals surface area contributed by atoms with Gasteiger partial charge in [0, 0.05) is 59.3 Å². The summed E-state index contributed by atoms with van der Waals surface area (Å²) in [6.07, 6.45) is 9.79. The van der Waals surface area contributed by atoms with Gasteiger partial charge in [-0.2, -0.15) is 0 Å². The first-order valence-electron chi connectivity index (χ1n) is 20.0. The van der Waals surface area contributed by atoms with Crippen molar-refractivity contribution in [1.29, 1.82) is 0 Å². The van der Waals surface area contributed by atoms with Crippen LogP contribution in [0.5, 0.6) is 11.5 Å². The summed E-state index contributed by atoms with van der Waals surface area (Å²) in [5.41, 5.74) is 3.81. The Hall–Kier alpha value is -3.74. The minimum Gasteiger partial charge on any atom is -0.493 e. The SMILES string of the molecule is C=CCO[C@@]12Oc3ccc(OCCSc4ccccc4)cc3[C@H]3[C@H](CCCCO)[C@@H](CCCCO)C=C(C(=NOCC)C[C@@H]1Sc1ccc(NC(C)=O)cc1)[C@H]32. The van der Waals surface area contributed by atoms with Crippen molar-refractivity contribution in [2.24, 2.45) is 22.9 Å². The molecule has 2 aliphatic carbocycles. The fraction of sp³-hybridized carbons (Fsp3) is 0.467. The fourth-order valence-corrected chi connectivity index (χ4v) is 10.5. The molecule has 1 amide bonds. The van der Waals surface area contributed by atoms with E-state index in [1.807, 2.05) is 49.4 Å². The predicted octanol–water partition coefficient (Wildman–Crippen LogP) is 9.26. The molecule has 0 saturated heterocycles. The van der Waals surface area contributed by atoms with E-state index in [4.69, 9.17) is 24.2 Å². The number of allylic oxidation sites excluding steroid dienone is 1. The van der Waals surface area contributed by atoms with Crippen LogP contribution in [0.15, 0.2) is 112 Å². The van der Waals surface area contributed by atoms with E-state index in [0.29, 0.717) is 19.6 Å². The number of carbonyl (C=O) groups excluding carboxylic acids is 1. The molecular formula is C45H56N2O7S2. The Labute approximate surface area is 340 Å². The van der Waals surface area contributed by atoms with Gasteiger partial charge in [-0.05, 0) is 105 Å². The molecule has 3 aliphatic rings. The summed E-state index contributed by atoms with van der Waals surface area (Å²) in [5.74, 6) is 1.30. The molecule has 56 heavy (non-hydrogen) atoms. The molecule has 0 aromatic heterocycles. The van der Waals surface area contributed by atoms with E-state index in [-0.39, 0.29) is 54.6 Å². The number of anilines is 1. The number of amides is 1. The van der Waals surface area contributed by atoms with Gasteiger partial charge in [0.05, 0.1) is 30.1 Å². The lowest BCUT2D eigenvalue weighted by atomic mass is 9.56. The number of thioether (sulfide) groups is 2. The molecule has 1 aliphatic heterocycles. The number of aliphatic hydroxyl groups excluding tert-OH is 2. The highest BCUT2D eigenvalue weighted by Gasteiger charge is 2.64. The van der Waals surface area contributed by atoms with Gasteiger partial charge in [-0.15, -0.1) is 30.1 Å². The summed E-state index contributed by atoms with van der Waals surface area (Å²) >= 11 is 3.46. The predicted molar refractivity (Wildman–Crippen MR) is 226 cm³/mol. The number of benzene rings is 3. The molecule has 0 radical (unpaired) electrons. The zero-order valence-electron chi connectivity index (χ0n) is 32.6. The van der Waals surface area contributed by atoms with E-state index in [9.17, 15) is 15.0 Å². The van der Waals surface area contributed by atoms with Gasteiger partial charge in [0.25, 0.3) is 0 Å². The van der Waals surface area contributed by atoms with E-state index < -0.39 is 5.79 Å². The lowest BCUT2D eigenvalue weighted by molar-refractivity contribution is -0.223. The van der Waals surface area contributed by atoms with Crippen LogP contribution in [0.2, 0.25) is 0 Å². The maximum absolute atomic E-state index is 11.8. The Balaban J connectivity index is 1.45. The Morgan fingerprint density at radius 1 is 1.02 bits per heavy atom. The molecule has 1 saturated carbocycles. The van der Waals surface area contributed by atoms with Gasteiger partial charge in [0.15, 0.2) is 0 Å². The van der Waals surface area contributed by atoms with Crippen molar-refractivity contribution in [2.45, 2.75) is 85.5 Å². The average molecular weight is 801 g/mol. The van der Waals surface area contributed by atoms with E-state index >= 15 is 0 Å². The normalized spacial score (nSPS) is 24.3. The number of nitrogens with zero attached hydrogens (tertiary/aromatic N) is 1. The topological polar surface area (TPSA) is 119 Å². The third-order valence-corrected chi connectivity index (χ3v) is 13.0. The number of ether oxygens (including phenoxy) is 3. The minimum atomic E-state index is -1.09. The second kappa shape index (κ2) is 20.6. The summed E-state index contributed by atoms with van der Waals surface area (Å²) in [7, 11) is 0. The van der Waals surface area contributed by atoms with Gasteiger partial charge in [0.1, 0.15) is 18.1 Å². The van der Waals surface area contributed by atoms with Gasteiger partial charge in [-0.3, -0.25) is 4.79 Å². The molecule has 3 aromatic carbocycles. The molecule has 300 valence electrons. The van der Waals surface area contributed by atoms with Crippen molar-refractivity contribution in [3.05, 3.63) is 103 Å². The molecule has 6 rings (SSSR count). The largest absolute Gasteiger partial charge is 0.493 e. The minimum absolute atomic E-state index is 0.0269. The monoisotopic (exact) mass is 800 g/mol. The molecule has 3 aromatic rings. The van der Waals surface area contributed by atoms with Crippen molar-refractivity contribution in [3.63, 3.8) is 0 Å². The molecule has 0 spiro atoms. The van der Waals surface area contributed by atoms with Gasteiger partial charge in [-0.25, -0.2) is 0 Å². The fourth-order valence-electron chi connectivity index (χ4n) is 8.48. The van der Waals surface area contributed by atoms with Crippen LogP contribution in [-0.4, -0.2) is 71.7 Å². The van der Waals surface area contributed by atoms with Crippen molar-refractivity contribution in [2.75, 3.05) is 44.1 Å². The van der Waals surface area contributed by atoms with Crippen molar-refractivity contribution in [3.8, 4) is 11.5 Å². The first kappa shape index (κ1) is 41.9. The number of carbonyl (C=O) groups is 1. The Bertz CT molecular complexity index is 1800. The number of hydrogen-bond acceptors (Lipinski definition) is 10. The number of fused-ring (bicyclic) bond motifs is 2. The summed E-state index contributed by atoms with van der Waals surface area (Å²) in [5, 5.41) is 27.1. The van der Waals surface area contributed by atoms with E-state index in [2.05, 4.69) is 48.3 Å². The van der Waals surface area contributed by atoms with Crippen LogP contribution in [0.3, 0.4) is 0 Å². The Kier molecular flexibility index (Phi) is 15.4. The smallest absolute Gasteiger partial charge is 0.231 e. The molecule has 1 heterocycles. The number of nitrogens with one attached hydrogen (secondary N) is 1. The Morgan fingerprint density at radius 2 is 1.79 bits per heavy atom. The van der Waals surface area contributed by atoms with Crippen LogP contribution in [0.4, 0.5) is 5.69 Å². The van der Waals surface area contributed by atoms with Crippen LogP contribution in [0.25, 0.3) is 0 Å². The number of unbranched alkanes of at least 4 members (excludes halogenated alkanes) is 2. The number of oxime groups is 1. The van der Waals surface area contributed by atoms with Gasteiger partial charge >= 0.3 is 0 Å². The summed E-state index contributed by atoms with van der Waals surface area (Å²) in [4.78, 5) is 19.8. The van der Waals surface area contributed by atoms with Crippen LogP contribution < -0.4 is 14.8 Å². The molecule has 3 N–H and O–H groups in total. The highest BCUT2D eigenvalue weighted by Crippen LogP contribution is 2.63. The summed E-state index contributed by atoms with van der Waals surface area (Å²) in [6, 6.07) is 24.4.